The number of benzene rings is 1. The molecule has 2 heterocycles. The van der Waals surface area contributed by atoms with E-state index in [9.17, 15) is 14.4 Å². The van der Waals surface area contributed by atoms with E-state index in [-0.39, 0.29) is 28.2 Å². The minimum absolute atomic E-state index is 0.156. The molecule has 0 fully saturated rings. The number of thioether (sulfide) groups is 1. The van der Waals surface area contributed by atoms with Crippen LogP contribution in [0.5, 0.6) is 0 Å². The van der Waals surface area contributed by atoms with Crippen LogP contribution in [0.25, 0.3) is 11.5 Å². The number of anilines is 1. The van der Waals surface area contributed by atoms with Crippen LogP contribution in [-0.2, 0) is 7.05 Å². The average Bonchev–Trinajstić information content (AvgIpc) is 3.07. The third-order valence-corrected chi connectivity index (χ3v) is 4.54. The zero-order chi connectivity index (χ0) is 18.8. The van der Waals surface area contributed by atoms with Gasteiger partial charge in [-0.1, -0.05) is 23.4 Å². The lowest BCUT2D eigenvalue weighted by molar-refractivity contribution is 0.102. The van der Waals surface area contributed by atoms with Crippen LogP contribution in [0.4, 0.5) is 5.82 Å². The molecule has 1 aromatic carbocycles. The SMILES string of the molecule is Cn1c(N)c(C(=O)CSc2nnc(-c3ccc(Cl)cc3)o2)c(=O)[nH]c1=O. The molecule has 0 aliphatic rings. The summed E-state index contributed by atoms with van der Waals surface area (Å²) in [6, 6.07) is 6.82. The van der Waals surface area contributed by atoms with Crippen LogP contribution in [0, 0.1) is 0 Å². The van der Waals surface area contributed by atoms with E-state index in [0.29, 0.717) is 10.6 Å². The number of Topliss-reactive ketones (excluding diaryl/α,β-unsaturated/α-hetero) is 1. The van der Waals surface area contributed by atoms with Crippen LogP contribution >= 0.6 is 23.4 Å². The average molecular weight is 394 g/mol. The first-order valence-electron chi connectivity index (χ1n) is 7.21. The van der Waals surface area contributed by atoms with Gasteiger partial charge in [0.15, 0.2) is 5.78 Å². The normalized spacial score (nSPS) is 10.8. The molecule has 0 aliphatic heterocycles. The van der Waals surface area contributed by atoms with Crippen LogP contribution in [0.3, 0.4) is 0 Å². The molecule has 0 aliphatic carbocycles. The smallest absolute Gasteiger partial charge is 0.329 e. The van der Waals surface area contributed by atoms with Crippen molar-refractivity contribution < 1.29 is 9.21 Å². The summed E-state index contributed by atoms with van der Waals surface area (Å²) in [5.41, 5.74) is 4.57. The number of nitrogens with one attached hydrogen (secondary N) is 1. The van der Waals surface area contributed by atoms with E-state index in [4.69, 9.17) is 21.8 Å². The maximum atomic E-state index is 12.3. The van der Waals surface area contributed by atoms with Gasteiger partial charge in [-0.2, -0.15) is 0 Å². The Labute approximate surface area is 155 Å². The molecule has 3 N–H and O–H groups in total. The number of carbonyl (C=O) groups excluding carboxylic acids is 1. The molecular formula is C15H12ClN5O4S. The lowest BCUT2D eigenvalue weighted by Crippen LogP contribution is -2.35. The Bertz CT molecular complexity index is 1090. The molecule has 0 bridgehead atoms. The van der Waals surface area contributed by atoms with Gasteiger partial charge in [-0.05, 0) is 24.3 Å². The summed E-state index contributed by atoms with van der Waals surface area (Å²) in [5.74, 6) is -0.642. The second-order valence-electron chi connectivity index (χ2n) is 5.17. The molecule has 2 aromatic heterocycles. The number of aromatic nitrogens is 4. The molecule has 3 aromatic rings. The molecule has 0 radical (unpaired) electrons. The van der Waals surface area contributed by atoms with Crippen molar-refractivity contribution in [1.29, 1.82) is 0 Å². The van der Waals surface area contributed by atoms with Crippen LogP contribution in [0.1, 0.15) is 10.4 Å². The monoisotopic (exact) mass is 393 g/mol. The molecule has 9 nitrogen and oxygen atoms in total. The summed E-state index contributed by atoms with van der Waals surface area (Å²) < 4.78 is 6.46. The van der Waals surface area contributed by atoms with Gasteiger partial charge in [-0.15, -0.1) is 10.2 Å². The maximum Gasteiger partial charge on any atom is 0.329 e. The molecule has 0 amide bonds. The fraction of sp³-hybridized carbons (Fsp3) is 0.133. The predicted molar refractivity (Wildman–Crippen MR) is 96.5 cm³/mol. The third-order valence-electron chi connectivity index (χ3n) is 3.47. The van der Waals surface area contributed by atoms with Gasteiger partial charge in [-0.3, -0.25) is 19.1 Å². The lowest BCUT2D eigenvalue weighted by Gasteiger charge is -2.06. The zero-order valence-electron chi connectivity index (χ0n) is 13.4. The minimum Gasteiger partial charge on any atom is -0.411 e. The van der Waals surface area contributed by atoms with E-state index < -0.39 is 17.0 Å². The number of hydrogen-bond donors (Lipinski definition) is 2. The standard InChI is InChI=1S/C15H12ClN5O4S/c1-21-11(17)10(12(23)18-14(21)24)9(22)6-26-15-20-19-13(25-15)7-2-4-8(16)5-3-7/h2-5H,6,17H2,1H3,(H,18,23,24). The van der Waals surface area contributed by atoms with Gasteiger partial charge in [0.05, 0.1) is 5.75 Å². The van der Waals surface area contributed by atoms with Gasteiger partial charge in [0.2, 0.25) is 5.89 Å². The number of hydrogen-bond acceptors (Lipinski definition) is 8. The van der Waals surface area contributed by atoms with Gasteiger partial charge in [-0.25, -0.2) is 4.79 Å². The molecule has 0 unspecified atom stereocenters. The highest BCUT2D eigenvalue weighted by Gasteiger charge is 2.19. The Hall–Kier alpha value is -2.85. The van der Waals surface area contributed by atoms with E-state index in [2.05, 4.69) is 10.2 Å². The summed E-state index contributed by atoms with van der Waals surface area (Å²) >= 11 is 6.78. The number of aromatic amines is 1. The van der Waals surface area contributed by atoms with Gasteiger partial charge in [0.25, 0.3) is 10.8 Å². The first-order valence-corrected chi connectivity index (χ1v) is 8.57. The van der Waals surface area contributed by atoms with Gasteiger partial charge >= 0.3 is 5.69 Å². The van der Waals surface area contributed by atoms with Crippen molar-refractivity contribution in [3.05, 3.63) is 55.7 Å². The fourth-order valence-electron chi connectivity index (χ4n) is 2.08. The third kappa shape index (κ3) is 3.55. The second-order valence-corrected chi connectivity index (χ2v) is 6.53. The van der Waals surface area contributed by atoms with Crippen molar-refractivity contribution in [2.24, 2.45) is 7.05 Å². The van der Waals surface area contributed by atoms with Gasteiger partial charge < -0.3 is 10.2 Å². The van der Waals surface area contributed by atoms with Crippen LogP contribution in [-0.4, -0.2) is 31.3 Å². The number of nitrogens with zero attached hydrogens (tertiary/aromatic N) is 3. The number of rotatable bonds is 5. The number of ketones is 1. The molecule has 3 rings (SSSR count). The topological polar surface area (TPSA) is 137 Å². The lowest BCUT2D eigenvalue weighted by atomic mass is 10.2. The molecule has 0 spiro atoms. The zero-order valence-corrected chi connectivity index (χ0v) is 14.9. The fourth-order valence-corrected chi connectivity index (χ4v) is 2.84. The van der Waals surface area contributed by atoms with Crippen molar-refractivity contribution >= 4 is 35.0 Å². The summed E-state index contributed by atoms with van der Waals surface area (Å²) in [5, 5.41) is 8.48. The number of nitrogens with two attached hydrogens (primary N) is 1. The summed E-state index contributed by atoms with van der Waals surface area (Å²) in [4.78, 5) is 37.6. The number of halogens is 1. The Balaban J connectivity index is 1.75. The number of carbonyl (C=O) groups is 1. The van der Waals surface area contributed by atoms with Gasteiger partial charge in [0, 0.05) is 17.6 Å². The summed E-state index contributed by atoms with van der Waals surface area (Å²) in [7, 11) is 1.36. The van der Waals surface area contributed by atoms with Crippen LogP contribution < -0.4 is 17.0 Å². The van der Waals surface area contributed by atoms with Crippen molar-refractivity contribution in [3.63, 3.8) is 0 Å². The summed E-state index contributed by atoms with van der Waals surface area (Å²) in [6.45, 7) is 0. The van der Waals surface area contributed by atoms with E-state index in [1.165, 1.54) is 7.05 Å². The number of H-pyrrole nitrogens is 1. The molecular weight excluding hydrogens is 382 g/mol. The Morgan fingerprint density at radius 1 is 1.31 bits per heavy atom. The van der Waals surface area contributed by atoms with E-state index in [0.717, 1.165) is 16.3 Å². The van der Waals surface area contributed by atoms with Crippen molar-refractivity contribution in [2.75, 3.05) is 11.5 Å². The molecule has 134 valence electrons. The van der Waals surface area contributed by atoms with E-state index in [1.54, 1.807) is 24.3 Å². The van der Waals surface area contributed by atoms with E-state index >= 15 is 0 Å². The van der Waals surface area contributed by atoms with Crippen LogP contribution in [0.2, 0.25) is 5.02 Å². The quantitative estimate of drug-likeness (QED) is 0.489. The summed E-state index contributed by atoms with van der Waals surface area (Å²) in [6.07, 6.45) is 0. The largest absolute Gasteiger partial charge is 0.411 e. The Kier molecular flexibility index (Phi) is 4.96. The Morgan fingerprint density at radius 2 is 2.00 bits per heavy atom. The molecule has 11 heteroatoms. The molecule has 0 saturated carbocycles. The highest BCUT2D eigenvalue weighted by molar-refractivity contribution is 7.99. The van der Waals surface area contributed by atoms with Crippen molar-refractivity contribution in [1.82, 2.24) is 19.7 Å². The molecule has 0 atom stereocenters. The highest BCUT2D eigenvalue weighted by atomic mass is 35.5. The number of nitrogen functional groups attached to an aromatic ring is 1. The first-order chi connectivity index (χ1) is 12.4. The van der Waals surface area contributed by atoms with Crippen molar-refractivity contribution in [3.8, 4) is 11.5 Å². The minimum atomic E-state index is -0.830. The first kappa shape index (κ1) is 18.0. The maximum absolute atomic E-state index is 12.3. The van der Waals surface area contributed by atoms with Crippen LogP contribution in [0.15, 0.2) is 43.5 Å². The van der Waals surface area contributed by atoms with E-state index in [1.807, 2.05) is 4.98 Å². The van der Waals surface area contributed by atoms with Gasteiger partial charge in [0.1, 0.15) is 11.4 Å². The molecule has 26 heavy (non-hydrogen) atoms. The molecule has 0 saturated heterocycles. The predicted octanol–water partition coefficient (Wildman–Crippen LogP) is 1.33. The highest BCUT2D eigenvalue weighted by Crippen LogP contribution is 2.24. The second kappa shape index (κ2) is 7.18. The Morgan fingerprint density at radius 3 is 2.69 bits per heavy atom. The van der Waals surface area contributed by atoms with Crippen molar-refractivity contribution in [2.45, 2.75) is 5.22 Å².